The number of ether oxygens (including phenoxy) is 1. The highest BCUT2D eigenvalue weighted by Crippen LogP contribution is 2.28. The van der Waals surface area contributed by atoms with Gasteiger partial charge < -0.3 is 30.7 Å². The number of rotatable bonds is 12. The Kier molecular flexibility index (Phi) is 9.10. The summed E-state index contributed by atoms with van der Waals surface area (Å²) in [4.78, 5) is 29.1. The van der Waals surface area contributed by atoms with E-state index >= 15 is 0 Å². The first kappa shape index (κ1) is 30.5. The molecule has 0 fully saturated rings. The smallest absolute Gasteiger partial charge is 0.240 e. The molecule has 2 atom stereocenters. The first-order chi connectivity index (χ1) is 21.1. The van der Waals surface area contributed by atoms with Crippen LogP contribution in [0.1, 0.15) is 61.2 Å². The highest BCUT2D eigenvalue weighted by Gasteiger charge is 2.31. The second-order valence-corrected chi connectivity index (χ2v) is 11.6. The Labute approximate surface area is 257 Å². The molecule has 0 aliphatic rings. The third kappa shape index (κ3) is 7.15. The molecule has 0 aliphatic carbocycles. The summed E-state index contributed by atoms with van der Waals surface area (Å²) in [5, 5.41) is 16.6. The van der Waals surface area contributed by atoms with E-state index in [-0.39, 0.29) is 11.8 Å². The Morgan fingerprint density at radius 2 is 1.52 bits per heavy atom. The van der Waals surface area contributed by atoms with Crippen molar-refractivity contribution in [3.8, 4) is 5.75 Å². The van der Waals surface area contributed by atoms with Crippen LogP contribution in [0.3, 0.4) is 0 Å². The Hall–Kier alpha value is -4.96. The molecule has 5 N–H and O–H groups in total. The van der Waals surface area contributed by atoms with E-state index < -0.39 is 17.6 Å². The molecule has 0 spiro atoms. The van der Waals surface area contributed by atoms with E-state index in [4.69, 9.17) is 10.5 Å². The van der Waals surface area contributed by atoms with Gasteiger partial charge in [-0.2, -0.15) is 0 Å². The number of hydrogen-bond acceptors (Lipinski definition) is 6. The van der Waals surface area contributed by atoms with Gasteiger partial charge in [0, 0.05) is 30.4 Å². The number of carbonyl (C=O) groups excluding carboxylic acids is 2. The van der Waals surface area contributed by atoms with Crippen molar-refractivity contribution < 1.29 is 14.3 Å². The summed E-state index contributed by atoms with van der Waals surface area (Å²) >= 11 is 0. The zero-order valence-corrected chi connectivity index (χ0v) is 25.5. The third-order valence-electron chi connectivity index (χ3n) is 7.58. The molecule has 10 nitrogen and oxygen atoms in total. The summed E-state index contributed by atoms with van der Waals surface area (Å²) in [6, 6.07) is 24.7. The van der Waals surface area contributed by atoms with Crippen molar-refractivity contribution in [3.63, 3.8) is 0 Å². The molecule has 10 heteroatoms. The lowest BCUT2D eigenvalue weighted by Crippen LogP contribution is -2.50. The van der Waals surface area contributed by atoms with Gasteiger partial charge in [0.1, 0.15) is 5.75 Å². The average molecular weight is 594 g/mol. The van der Waals surface area contributed by atoms with Crippen molar-refractivity contribution in [2.45, 2.75) is 57.8 Å². The summed E-state index contributed by atoms with van der Waals surface area (Å²) < 4.78 is 7.36. The van der Waals surface area contributed by atoms with Gasteiger partial charge in [-0.15, -0.1) is 10.2 Å². The Bertz CT molecular complexity index is 1720. The number of benzene rings is 3. The number of nitrogens with one attached hydrogen (secondary N) is 3. The van der Waals surface area contributed by atoms with Gasteiger partial charge in [0.25, 0.3) is 0 Å². The van der Waals surface area contributed by atoms with Crippen LogP contribution in [0.15, 0.2) is 85.1 Å². The van der Waals surface area contributed by atoms with Gasteiger partial charge >= 0.3 is 0 Å². The molecule has 0 aliphatic heterocycles. The minimum absolute atomic E-state index is 0.181. The maximum atomic E-state index is 13.3. The second-order valence-electron chi connectivity index (χ2n) is 11.6. The number of aromatic nitrogens is 4. The highest BCUT2D eigenvalue weighted by atomic mass is 16.5. The molecule has 228 valence electrons. The average Bonchev–Trinajstić information content (AvgIpc) is 3.61. The Balaban J connectivity index is 1.62. The first-order valence-corrected chi connectivity index (χ1v) is 14.6. The molecule has 0 saturated heterocycles. The molecule has 5 aromatic rings. The van der Waals surface area contributed by atoms with Crippen LogP contribution in [-0.2, 0) is 29.0 Å². The lowest BCUT2D eigenvalue weighted by Gasteiger charge is -2.26. The molecule has 2 aromatic heterocycles. The zero-order valence-electron chi connectivity index (χ0n) is 25.5. The minimum atomic E-state index is -1.12. The van der Waals surface area contributed by atoms with E-state index in [1.54, 1.807) is 21.0 Å². The maximum absolute atomic E-state index is 13.3. The molecule has 3 aromatic carbocycles. The Morgan fingerprint density at radius 3 is 2.16 bits per heavy atom. The SMILES string of the molecule is COc1ccc(Cn2c(C(Cc3ccccc3)NC(C)=O)nnc2C(Cc2c[nH]c3ccccc23)NC(=O)C(C)(C)N)cc1. The topological polar surface area (TPSA) is 140 Å². The monoisotopic (exact) mass is 593 g/mol. The minimum Gasteiger partial charge on any atom is -0.497 e. The zero-order chi connectivity index (χ0) is 31.3. The van der Waals surface area contributed by atoms with Crippen molar-refractivity contribution in [3.05, 3.63) is 113 Å². The lowest BCUT2D eigenvalue weighted by atomic mass is 10.0. The number of amides is 2. The maximum Gasteiger partial charge on any atom is 0.240 e. The van der Waals surface area contributed by atoms with Gasteiger partial charge in [0.2, 0.25) is 11.8 Å². The predicted molar refractivity (Wildman–Crippen MR) is 170 cm³/mol. The van der Waals surface area contributed by atoms with Crippen LogP contribution in [0.2, 0.25) is 0 Å². The van der Waals surface area contributed by atoms with Gasteiger partial charge in [0.05, 0.1) is 31.3 Å². The molecular formula is C34H39N7O3. The van der Waals surface area contributed by atoms with E-state index in [0.717, 1.165) is 33.3 Å². The number of carbonyl (C=O) groups is 2. The van der Waals surface area contributed by atoms with Crippen LogP contribution in [0, 0.1) is 0 Å². The van der Waals surface area contributed by atoms with Crippen LogP contribution in [0.25, 0.3) is 10.9 Å². The number of fused-ring (bicyclic) bond motifs is 1. The number of aromatic amines is 1. The van der Waals surface area contributed by atoms with E-state index in [1.165, 1.54) is 6.92 Å². The normalized spacial score (nSPS) is 12.9. The van der Waals surface area contributed by atoms with E-state index in [1.807, 2.05) is 89.6 Å². The highest BCUT2D eigenvalue weighted by molar-refractivity contribution is 5.86. The number of H-pyrrole nitrogens is 1. The molecule has 5 rings (SSSR count). The fourth-order valence-electron chi connectivity index (χ4n) is 5.29. The number of nitrogens with two attached hydrogens (primary N) is 1. The molecule has 44 heavy (non-hydrogen) atoms. The summed E-state index contributed by atoms with van der Waals surface area (Å²) in [7, 11) is 1.63. The van der Waals surface area contributed by atoms with Crippen LogP contribution in [-0.4, -0.2) is 44.2 Å². The third-order valence-corrected chi connectivity index (χ3v) is 7.58. The molecular weight excluding hydrogens is 554 g/mol. The molecule has 0 radical (unpaired) electrons. The van der Waals surface area contributed by atoms with Crippen LogP contribution >= 0.6 is 0 Å². The standard InChI is InChI=1S/C34H39N7O3/c1-22(42)37-29(18-23-10-6-5-7-11-23)31-39-40-32(41(31)21-24-14-16-26(44-4)17-15-24)30(38-33(43)34(2,3)35)19-25-20-36-28-13-9-8-12-27(25)28/h5-17,20,29-30,36H,18-19,21,35H2,1-4H3,(H,37,42)(H,38,43). The molecule has 0 bridgehead atoms. The van der Waals surface area contributed by atoms with Crippen molar-refractivity contribution in [2.75, 3.05) is 7.11 Å². The van der Waals surface area contributed by atoms with E-state index in [2.05, 4.69) is 25.8 Å². The van der Waals surface area contributed by atoms with E-state index in [0.29, 0.717) is 31.0 Å². The van der Waals surface area contributed by atoms with Crippen LogP contribution in [0.5, 0.6) is 5.75 Å². The number of methoxy groups -OCH3 is 1. The fraction of sp³-hybridized carbons (Fsp3) is 0.294. The summed E-state index contributed by atoms with van der Waals surface area (Å²) in [5.74, 6) is 1.39. The molecule has 2 amide bonds. The Morgan fingerprint density at radius 1 is 0.886 bits per heavy atom. The number of para-hydroxylation sites is 1. The molecule has 2 unspecified atom stereocenters. The van der Waals surface area contributed by atoms with Gasteiger partial charge in [-0.3, -0.25) is 9.59 Å². The van der Waals surface area contributed by atoms with Gasteiger partial charge in [-0.1, -0.05) is 60.7 Å². The second kappa shape index (κ2) is 13.1. The molecule has 0 saturated carbocycles. The summed E-state index contributed by atoms with van der Waals surface area (Å²) in [6.07, 6.45) is 2.91. The lowest BCUT2D eigenvalue weighted by molar-refractivity contribution is -0.126. The van der Waals surface area contributed by atoms with Crippen LogP contribution in [0.4, 0.5) is 0 Å². The van der Waals surface area contributed by atoms with Gasteiger partial charge in [-0.05, 0) is 55.2 Å². The van der Waals surface area contributed by atoms with Gasteiger partial charge in [-0.25, -0.2) is 0 Å². The first-order valence-electron chi connectivity index (χ1n) is 14.6. The fourth-order valence-corrected chi connectivity index (χ4v) is 5.29. The number of nitrogens with zero attached hydrogens (tertiary/aromatic N) is 3. The van der Waals surface area contributed by atoms with Gasteiger partial charge in [0.15, 0.2) is 11.6 Å². The van der Waals surface area contributed by atoms with Crippen molar-refractivity contribution in [1.29, 1.82) is 0 Å². The summed E-state index contributed by atoms with van der Waals surface area (Å²) in [6.45, 7) is 5.24. The largest absolute Gasteiger partial charge is 0.497 e. The molecule has 2 heterocycles. The predicted octanol–water partition coefficient (Wildman–Crippen LogP) is 4.37. The quantitative estimate of drug-likeness (QED) is 0.169. The van der Waals surface area contributed by atoms with E-state index in [9.17, 15) is 9.59 Å². The van der Waals surface area contributed by atoms with Crippen molar-refractivity contribution in [1.82, 2.24) is 30.4 Å². The van der Waals surface area contributed by atoms with Crippen molar-refractivity contribution >= 4 is 22.7 Å². The summed E-state index contributed by atoms with van der Waals surface area (Å²) in [5.41, 5.74) is 9.15. The number of hydrogen-bond donors (Lipinski definition) is 4. The van der Waals surface area contributed by atoms with Crippen molar-refractivity contribution in [2.24, 2.45) is 5.73 Å². The van der Waals surface area contributed by atoms with Crippen LogP contribution < -0.4 is 21.1 Å².